The molecular formula is C32H26ClN3O2. The minimum Gasteiger partial charge on any atom is -0.488 e. The van der Waals surface area contributed by atoms with Gasteiger partial charge in [-0.1, -0.05) is 66.2 Å². The number of nitrogens with zero attached hydrogens (tertiary/aromatic N) is 2. The summed E-state index contributed by atoms with van der Waals surface area (Å²) in [7, 11) is 0. The van der Waals surface area contributed by atoms with Gasteiger partial charge in [-0.25, -0.2) is 5.43 Å². The molecule has 0 saturated heterocycles. The fourth-order valence-electron chi connectivity index (χ4n) is 4.16. The van der Waals surface area contributed by atoms with E-state index >= 15 is 0 Å². The smallest absolute Gasteiger partial charge is 0.271 e. The van der Waals surface area contributed by atoms with Crippen molar-refractivity contribution in [3.63, 3.8) is 0 Å². The van der Waals surface area contributed by atoms with Crippen molar-refractivity contribution in [2.45, 2.75) is 13.5 Å². The summed E-state index contributed by atoms with van der Waals surface area (Å²) in [5, 5.41) is 4.84. The lowest BCUT2D eigenvalue weighted by molar-refractivity contribution is 0.0955. The van der Waals surface area contributed by atoms with Crippen LogP contribution in [0.2, 0.25) is 5.02 Å². The summed E-state index contributed by atoms with van der Waals surface area (Å²) >= 11 is 5.95. The fraction of sp³-hybridized carbons (Fsp3) is 0.0625. The Bertz CT molecular complexity index is 1560. The molecule has 0 aliphatic carbocycles. The fourth-order valence-corrected chi connectivity index (χ4v) is 4.29. The van der Waals surface area contributed by atoms with Crippen molar-refractivity contribution in [3.8, 4) is 22.7 Å². The van der Waals surface area contributed by atoms with Crippen LogP contribution in [0.1, 0.15) is 27.2 Å². The number of halogens is 1. The lowest BCUT2D eigenvalue weighted by Crippen LogP contribution is -2.17. The average Bonchev–Trinajstić information content (AvgIpc) is 3.35. The predicted octanol–water partition coefficient (Wildman–Crippen LogP) is 7.45. The van der Waals surface area contributed by atoms with E-state index in [1.54, 1.807) is 18.3 Å². The van der Waals surface area contributed by atoms with Crippen molar-refractivity contribution in [1.82, 2.24) is 9.99 Å². The van der Waals surface area contributed by atoms with Crippen LogP contribution in [0.3, 0.4) is 0 Å². The molecule has 1 N–H and O–H groups in total. The molecule has 0 atom stereocenters. The van der Waals surface area contributed by atoms with Gasteiger partial charge in [0.1, 0.15) is 12.4 Å². The molecule has 0 saturated carbocycles. The first-order valence-corrected chi connectivity index (χ1v) is 12.6. The number of carbonyl (C=O) groups is 1. The number of aromatic nitrogens is 1. The molecular weight excluding hydrogens is 494 g/mol. The maximum atomic E-state index is 12.7. The summed E-state index contributed by atoms with van der Waals surface area (Å²) in [6, 6.07) is 37.0. The lowest BCUT2D eigenvalue weighted by Gasteiger charge is -2.13. The first-order valence-electron chi connectivity index (χ1n) is 12.2. The van der Waals surface area contributed by atoms with Gasteiger partial charge in [-0.15, -0.1) is 0 Å². The van der Waals surface area contributed by atoms with Gasteiger partial charge in [0.2, 0.25) is 0 Å². The van der Waals surface area contributed by atoms with Crippen LogP contribution in [0.4, 0.5) is 0 Å². The number of benzene rings is 4. The van der Waals surface area contributed by atoms with Crippen molar-refractivity contribution >= 4 is 23.7 Å². The van der Waals surface area contributed by atoms with Crippen LogP contribution < -0.4 is 10.2 Å². The third kappa shape index (κ3) is 5.85. The minimum atomic E-state index is -0.292. The lowest BCUT2D eigenvalue weighted by atomic mass is 10.1. The molecule has 1 aromatic heterocycles. The maximum Gasteiger partial charge on any atom is 0.271 e. The Kier molecular flexibility index (Phi) is 7.67. The maximum absolute atomic E-state index is 12.7. The standard InChI is InChI=1S/C32H26ClN3O2/c1-23-11-20-30(25-7-3-2-4-8-25)36(23)29-18-14-26(15-19-29)32(37)35-34-21-27-9-5-6-10-31(27)38-22-24-12-16-28(33)17-13-24/h2-21H,22H2,1H3,(H,35,37)/b34-21+. The van der Waals surface area contributed by atoms with E-state index in [1.807, 2.05) is 78.9 Å². The highest BCUT2D eigenvalue weighted by molar-refractivity contribution is 6.30. The molecule has 1 amide bonds. The van der Waals surface area contributed by atoms with E-state index in [0.717, 1.165) is 33.8 Å². The molecule has 0 fully saturated rings. The molecule has 6 heteroatoms. The molecule has 5 nitrogen and oxygen atoms in total. The van der Waals surface area contributed by atoms with E-state index in [9.17, 15) is 4.79 Å². The predicted molar refractivity (Wildman–Crippen MR) is 153 cm³/mol. The number of amides is 1. The van der Waals surface area contributed by atoms with Crippen LogP contribution >= 0.6 is 11.6 Å². The zero-order valence-corrected chi connectivity index (χ0v) is 21.6. The number of hydrazone groups is 1. The van der Waals surface area contributed by atoms with E-state index in [2.05, 4.69) is 46.3 Å². The van der Waals surface area contributed by atoms with E-state index in [4.69, 9.17) is 16.3 Å². The Hall–Kier alpha value is -4.61. The van der Waals surface area contributed by atoms with Crippen LogP contribution in [0.5, 0.6) is 5.75 Å². The summed E-state index contributed by atoms with van der Waals surface area (Å²) in [5.41, 5.74) is 9.22. The second kappa shape index (κ2) is 11.6. The zero-order chi connectivity index (χ0) is 26.3. The molecule has 0 spiro atoms. The van der Waals surface area contributed by atoms with Crippen molar-refractivity contribution < 1.29 is 9.53 Å². The normalized spacial score (nSPS) is 11.0. The highest BCUT2D eigenvalue weighted by Crippen LogP contribution is 2.26. The van der Waals surface area contributed by atoms with E-state index < -0.39 is 0 Å². The van der Waals surface area contributed by atoms with E-state index in [1.165, 1.54) is 0 Å². The van der Waals surface area contributed by atoms with Gasteiger partial charge in [-0.3, -0.25) is 4.79 Å². The highest BCUT2D eigenvalue weighted by Gasteiger charge is 2.11. The quantitative estimate of drug-likeness (QED) is 0.171. The molecule has 0 aliphatic heterocycles. The second-order valence-electron chi connectivity index (χ2n) is 8.76. The van der Waals surface area contributed by atoms with Gasteiger partial charge in [0.15, 0.2) is 0 Å². The van der Waals surface area contributed by atoms with E-state index in [-0.39, 0.29) is 5.91 Å². The van der Waals surface area contributed by atoms with Gasteiger partial charge in [0.05, 0.1) is 11.9 Å². The largest absolute Gasteiger partial charge is 0.488 e. The summed E-state index contributed by atoms with van der Waals surface area (Å²) in [5.74, 6) is 0.376. The topological polar surface area (TPSA) is 55.6 Å². The molecule has 0 aliphatic rings. The number of para-hydroxylation sites is 1. The molecule has 0 unspecified atom stereocenters. The molecule has 0 bridgehead atoms. The van der Waals surface area contributed by atoms with Crippen LogP contribution in [-0.2, 0) is 6.61 Å². The van der Waals surface area contributed by atoms with Gasteiger partial charge in [-0.2, -0.15) is 5.10 Å². The van der Waals surface area contributed by atoms with Gasteiger partial charge in [-0.05, 0) is 78.7 Å². The molecule has 5 aromatic rings. The number of carbonyl (C=O) groups excluding carboxylic acids is 1. The number of nitrogens with one attached hydrogen (secondary N) is 1. The van der Waals surface area contributed by atoms with Gasteiger partial charge >= 0.3 is 0 Å². The number of hydrogen-bond donors (Lipinski definition) is 1. The molecule has 4 aromatic carbocycles. The summed E-state index contributed by atoms with van der Waals surface area (Å²) in [6.45, 7) is 2.46. The molecule has 1 heterocycles. The number of aryl methyl sites for hydroxylation is 1. The Balaban J connectivity index is 1.25. The minimum absolute atomic E-state index is 0.292. The summed E-state index contributed by atoms with van der Waals surface area (Å²) in [4.78, 5) is 12.7. The van der Waals surface area contributed by atoms with Gasteiger partial charge in [0, 0.05) is 27.5 Å². The number of hydrogen-bond acceptors (Lipinski definition) is 3. The Morgan fingerprint density at radius 2 is 1.58 bits per heavy atom. The summed E-state index contributed by atoms with van der Waals surface area (Å²) in [6.07, 6.45) is 1.58. The Morgan fingerprint density at radius 1 is 0.868 bits per heavy atom. The van der Waals surface area contributed by atoms with Crippen LogP contribution in [0.25, 0.3) is 16.9 Å². The Morgan fingerprint density at radius 3 is 2.34 bits per heavy atom. The second-order valence-corrected chi connectivity index (χ2v) is 9.20. The van der Waals surface area contributed by atoms with Gasteiger partial charge in [0.25, 0.3) is 5.91 Å². The van der Waals surface area contributed by atoms with Crippen molar-refractivity contribution in [3.05, 3.63) is 143 Å². The monoisotopic (exact) mass is 519 g/mol. The Labute approximate surface area is 227 Å². The molecule has 5 rings (SSSR count). The van der Waals surface area contributed by atoms with Crippen LogP contribution in [-0.4, -0.2) is 16.7 Å². The number of rotatable bonds is 8. The number of ether oxygens (including phenoxy) is 1. The van der Waals surface area contributed by atoms with E-state index in [0.29, 0.717) is 22.9 Å². The van der Waals surface area contributed by atoms with Crippen molar-refractivity contribution in [2.75, 3.05) is 0 Å². The molecule has 38 heavy (non-hydrogen) atoms. The van der Waals surface area contributed by atoms with Gasteiger partial charge < -0.3 is 9.30 Å². The van der Waals surface area contributed by atoms with Crippen LogP contribution in [0, 0.1) is 6.92 Å². The third-order valence-corrected chi connectivity index (χ3v) is 6.38. The first-order chi connectivity index (χ1) is 18.6. The highest BCUT2D eigenvalue weighted by atomic mass is 35.5. The van der Waals surface area contributed by atoms with Crippen molar-refractivity contribution in [2.24, 2.45) is 5.10 Å². The zero-order valence-electron chi connectivity index (χ0n) is 20.8. The molecule has 0 radical (unpaired) electrons. The third-order valence-electron chi connectivity index (χ3n) is 6.13. The van der Waals surface area contributed by atoms with Crippen molar-refractivity contribution in [1.29, 1.82) is 0 Å². The average molecular weight is 520 g/mol. The summed E-state index contributed by atoms with van der Waals surface area (Å²) < 4.78 is 8.13. The SMILES string of the molecule is Cc1ccc(-c2ccccc2)n1-c1ccc(C(=O)N/N=C/c2ccccc2OCc2ccc(Cl)cc2)cc1. The molecule has 188 valence electrons. The first kappa shape index (κ1) is 25.1. The van der Waals surface area contributed by atoms with Crippen LogP contribution in [0.15, 0.2) is 120 Å².